The normalized spacial score (nSPS) is 18.5. The van der Waals surface area contributed by atoms with Gasteiger partial charge in [-0.1, -0.05) is 29.8 Å². The molecule has 0 fully saturated rings. The van der Waals surface area contributed by atoms with E-state index in [1.165, 1.54) is 0 Å². The Morgan fingerprint density at radius 3 is 3.00 bits per heavy atom. The van der Waals surface area contributed by atoms with Gasteiger partial charge in [0.05, 0.1) is 10.9 Å². The number of carbonyl (C=O) groups excluding carboxylic acids is 1. The average Bonchev–Trinajstić information content (AvgIpc) is 3.05. The van der Waals surface area contributed by atoms with Crippen LogP contribution in [-0.4, -0.2) is 12.7 Å². The van der Waals surface area contributed by atoms with Gasteiger partial charge >= 0.3 is 0 Å². The number of fused-ring (bicyclic) bond motifs is 2. The first-order valence-electron chi connectivity index (χ1n) is 6.70. The fraction of sp³-hybridized carbons (Fsp3) is 0.188. The highest BCUT2D eigenvalue weighted by Gasteiger charge is 2.31. The molecule has 4 rings (SSSR count). The SMILES string of the molecule is O=C1Nc2ccccc2C1Cc1cc(Cl)c2c(c1)OCO2. The van der Waals surface area contributed by atoms with Gasteiger partial charge in [-0.2, -0.15) is 0 Å². The maximum absolute atomic E-state index is 12.2. The highest BCUT2D eigenvalue weighted by molar-refractivity contribution is 6.32. The van der Waals surface area contributed by atoms with Crippen molar-refractivity contribution in [2.45, 2.75) is 12.3 Å². The van der Waals surface area contributed by atoms with Gasteiger partial charge in [-0.15, -0.1) is 0 Å². The smallest absolute Gasteiger partial charge is 0.232 e. The van der Waals surface area contributed by atoms with E-state index in [9.17, 15) is 4.79 Å². The van der Waals surface area contributed by atoms with E-state index in [-0.39, 0.29) is 18.6 Å². The molecule has 0 saturated heterocycles. The van der Waals surface area contributed by atoms with Crippen molar-refractivity contribution in [1.82, 2.24) is 0 Å². The molecule has 106 valence electrons. The minimum absolute atomic E-state index is 0.0185. The van der Waals surface area contributed by atoms with Gasteiger partial charge in [-0.05, 0) is 35.7 Å². The summed E-state index contributed by atoms with van der Waals surface area (Å²) in [5.41, 5.74) is 2.87. The molecule has 0 aliphatic carbocycles. The zero-order valence-electron chi connectivity index (χ0n) is 11.1. The minimum Gasteiger partial charge on any atom is -0.454 e. The summed E-state index contributed by atoms with van der Waals surface area (Å²) in [4.78, 5) is 12.2. The Hall–Kier alpha value is -2.20. The fourth-order valence-corrected chi connectivity index (χ4v) is 3.14. The van der Waals surface area contributed by atoms with E-state index < -0.39 is 0 Å². The van der Waals surface area contributed by atoms with Gasteiger partial charge in [-0.3, -0.25) is 4.79 Å². The molecule has 1 amide bonds. The number of benzene rings is 2. The summed E-state index contributed by atoms with van der Waals surface area (Å²) in [5.74, 6) is 1.04. The molecule has 1 atom stereocenters. The first kappa shape index (κ1) is 12.5. The molecule has 0 spiro atoms. The van der Waals surface area contributed by atoms with E-state index in [2.05, 4.69) is 5.32 Å². The highest BCUT2D eigenvalue weighted by Crippen LogP contribution is 2.42. The Morgan fingerprint density at radius 2 is 2.10 bits per heavy atom. The van der Waals surface area contributed by atoms with Gasteiger partial charge in [0.15, 0.2) is 11.5 Å². The molecular weight excluding hydrogens is 290 g/mol. The molecule has 0 aromatic heterocycles. The molecule has 1 N–H and O–H groups in total. The maximum atomic E-state index is 12.2. The molecule has 5 heteroatoms. The number of nitrogens with one attached hydrogen (secondary N) is 1. The molecule has 4 nitrogen and oxygen atoms in total. The van der Waals surface area contributed by atoms with Crippen LogP contribution in [0.5, 0.6) is 11.5 Å². The second-order valence-electron chi connectivity index (χ2n) is 5.14. The van der Waals surface area contributed by atoms with E-state index in [1.807, 2.05) is 36.4 Å². The summed E-state index contributed by atoms with van der Waals surface area (Å²) in [6.45, 7) is 0.186. The summed E-state index contributed by atoms with van der Waals surface area (Å²) >= 11 is 6.19. The Balaban J connectivity index is 1.68. The minimum atomic E-state index is -0.197. The van der Waals surface area contributed by atoms with Crippen molar-refractivity contribution >= 4 is 23.2 Å². The van der Waals surface area contributed by atoms with Gasteiger partial charge in [0.2, 0.25) is 12.7 Å². The van der Waals surface area contributed by atoms with E-state index in [4.69, 9.17) is 21.1 Å². The number of para-hydroxylation sites is 1. The van der Waals surface area contributed by atoms with Gasteiger partial charge in [0.1, 0.15) is 0 Å². The third-order valence-corrected chi connectivity index (χ3v) is 4.12. The predicted octanol–water partition coefficient (Wildman–Crippen LogP) is 3.35. The van der Waals surface area contributed by atoms with Gasteiger partial charge in [0.25, 0.3) is 0 Å². The van der Waals surface area contributed by atoms with Crippen LogP contribution < -0.4 is 14.8 Å². The van der Waals surface area contributed by atoms with Crippen LogP contribution in [-0.2, 0) is 11.2 Å². The molecule has 2 aromatic rings. The number of hydrogen-bond donors (Lipinski definition) is 1. The Morgan fingerprint density at radius 1 is 1.24 bits per heavy atom. The van der Waals surface area contributed by atoms with Crippen LogP contribution in [0, 0.1) is 0 Å². The summed E-state index contributed by atoms with van der Waals surface area (Å²) < 4.78 is 10.7. The monoisotopic (exact) mass is 301 g/mol. The summed E-state index contributed by atoms with van der Waals surface area (Å²) in [6.07, 6.45) is 0.583. The first-order valence-corrected chi connectivity index (χ1v) is 7.08. The molecule has 1 unspecified atom stereocenters. The zero-order chi connectivity index (χ0) is 14.4. The van der Waals surface area contributed by atoms with Crippen molar-refractivity contribution in [3.05, 3.63) is 52.5 Å². The number of rotatable bonds is 2. The summed E-state index contributed by atoms with van der Waals surface area (Å²) in [6, 6.07) is 11.5. The van der Waals surface area contributed by atoms with Crippen molar-refractivity contribution in [2.24, 2.45) is 0 Å². The van der Waals surface area contributed by atoms with Crippen molar-refractivity contribution in [1.29, 1.82) is 0 Å². The predicted molar refractivity (Wildman–Crippen MR) is 79.1 cm³/mol. The lowest BCUT2D eigenvalue weighted by atomic mass is 9.93. The second kappa shape index (κ2) is 4.67. The topological polar surface area (TPSA) is 47.6 Å². The van der Waals surface area contributed by atoms with Crippen molar-refractivity contribution in [3.63, 3.8) is 0 Å². The highest BCUT2D eigenvalue weighted by atomic mass is 35.5. The van der Waals surface area contributed by atoms with E-state index in [0.717, 1.165) is 16.8 Å². The number of halogens is 1. The second-order valence-corrected chi connectivity index (χ2v) is 5.55. The number of carbonyl (C=O) groups is 1. The van der Waals surface area contributed by atoms with Gasteiger partial charge in [0, 0.05) is 5.69 Å². The lowest BCUT2D eigenvalue weighted by molar-refractivity contribution is -0.117. The first-order chi connectivity index (χ1) is 10.2. The Labute approximate surface area is 126 Å². The van der Waals surface area contributed by atoms with E-state index in [1.54, 1.807) is 0 Å². The van der Waals surface area contributed by atoms with E-state index in [0.29, 0.717) is 22.9 Å². The van der Waals surface area contributed by atoms with Crippen LogP contribution in [0.4, 0.5) is 5.69 Å². The Kier molecular flexibility index (Phi) is 2.79. The van der Waals surface area contributed by atoms with Crippen LogP contribution >= 0.6 is 11.6 Å². The molecule has 2 heterocycles. The van der Waals surface area contributed by atoms with E-state index >= 15 is 0 Å². The fourth-order valence-electron chi connectivity index (χ4n) is 2.85. The number of anilines is 1. The molecule has 0 radical (unpaired) electrons. The largest absolute Gasteiger partial charge is 0.454 e. The molecule has 21 heavy (non-hydrogen) atoms. The Bertz CT molecular complexity index is 744. The van der Waals surface area contributed by atoms with Crippen molar-refractivity contribution in [3.8, 4) is 11.5 Å². The lowest BCUT2D eigenvalue weighted by Crippen LogP contribution is -2.14. The standard InChI is InChI=1S/C16H12ClNO3/c17-12-6-9(7-14-15(12)21-8-20-14)5-11-10-3-1-2-4-13(10)18-16(11)19/h1-4,6-7,11H,5,8H2,(H,18,19). The zero-order valence-corrected chi connectivity index (χ0v) is 11.8. The van der Waals surface area contributed by atoms with Crippen LogP contribution in [0.2, 0.25) is 5.02 Å². The third-order valence-electron chi connectivity index (χ3n) is 3.84. The lowest BCUT2D eigenvalue weighted by Gasteiger charge is -2.10. The molecule has 2 aliphatic heterocycles. The number of hydrogen-bond acceptors (Lipinski definition) is 3. The van der Waals surface area contributed by atoms with Crippen LogP contribution in [0.3, 0.4) is 0 Å². The summed E-state index contributed by atoms with van der Waals surface area (Å²) in [7, 11) is 0. The molecule has 2 aromatic carbocycles. The van der Waals surface area contributed by atoms with Crippen molar-refractivity contribution < 1.29 is 14.3 Å². The number of amides is 1. The molecule has 0 saturated carbocycles. The van der Waals surface area contributed by atoms with Crippen LogP contribution in [0.25, 0.3) is 0 Å². The van der Waals surface area contributed by atoms with Crippen molar-refractivity contribution in [2.75, 3.05) is 12.1 Å². The molecule has 2 aliphatic rings. The summed E-state index contributed by atoms with van der Waals surface area (Å²) in [5, 5.41) is 3.43. The van der Waals surface area contributed by atoms with Gasteiger partial charge in [-0.25, -0.2) is 0 Å². The third kappa shape index (κ3) is 2.03. The van der Waals surface area contributed by atoms with Crippen LogP contribution in [0.15, 0.2) is 36.4 Å². The molecule has 0 bridgehead atoms. The van der Waals surface area contributed by atoms with Gasteiger partial charge < -0.3 is 14.8 Å². The number of ether oxygens (including phenoxy) is 2. The van der Waals surface area contributed by atoms with Crippen LogP contribution in [0.1, 0.15) is 17.0 Å². The average molecular weight is 302 g/mol. The quantitative estimate of drug-likeness (QED) is 0.925. The maximum Gasteiger partial charge on any atom is 0.232 e. The molecular formula is C16H12ClNO3.